The van der Waals surface area contributed by atoms with Gasteiger partial charge in [0.25, 0.3) is 5.56 Å². The smallest absolute Gasteiger partial charge is 0.252 e. The lowest BCUT2D eigenvalue weighted by Gasteiger charge is -2.23. The van der Waals surface area contributed by atoms with Crippen LogP contribution in [0, 0.1) is 0 Å². The summed E-state index contributed by atoms with van der Waals surface area (Å²) < 4.78 is 0. The Balaban J connectivity index is 2.14. The Labute approximate surface area is 96.5 Å². The molecule has 1 atom stereocenters. The third-order valence-electron chi connectivity index (χ3n) is 3.37. The van der Waals surface area contributed by atoms with Crippen LogP contribution in [0.25, 0.3) is 0 Å². The van der Waals surface area contributed by atoms with Crippen molar-refractivity contribution in [1.82, 2.24) is 9.88 Å². The monoisotopic (exact) mass is 220 g/mol. The van der Waals surface area contributed by atoms with E-state index in [1.165, 1.54) is 19.3 Å². The molecule has 1 N–H and O–H groups in total. The first kappa shape index (κ1) is 11.4. The van der Waals surface area contributed by atoms with Crippen molar-refractivity contribution in [3.63, 3.8) is 0 Å². The van der Waals surface area contributed by atoms with Crippen molar-refractivity contribution in [2.24, 2.45) is 0 Å². The van der Waals surface area contributed by atoms with Gasteiger partial charge in [-0.1, -0.05) is 19.4 Å². The summed E-state index contributed by atoms with van der Waals surface area (Å²) in [6, 6.07) is 4.23. The van der Waals surface area contributed by atoms with E-state index in [-0.39, 0.29) is 5.56 Å². The summed E-state index contributed by atoms with van der Waals surface area (Å²) in [6.45, 7) is 4.47. The SMILES string of the molecule is CCCCN1CCC[C@H]1c1ccc[nH]c1=O. The normalized spacial score (nSPS) is 21.4. The lowest BCUT2D eigenvalue weighted by Crippen LogP contribution is -2.28. The van der Waals surface area contributed by atoms with Crippen LogP contribution in [-0.4, -0.2) is 23.0 Å². The van der Waals surface area contributed by atoms with Gasteiger partial charge in [0.15, 0.2) is 0 Å². The highest BCUT2D eigenvalue weighted by atomic mass is 16.1. The molecule has 0 saturated carbocycles. The fraction of sp³-hybridized carbons (Fsp3) is 0.615. The Morgan fingerprint density at radius 1 is 1.56 bits per heavy atom. The van der Waals surface area contributed by atoms with Crippen molar-refractivity contribution in [2.45, 2.75) is 38.6 Å². The van der Waals surface area contributed by atoms with Gasteiger partial charge < -0.3 is 4.98 Å². The van der Waals surface area contributed by atoms with Crippen LogP contribution in [0.4, 0.5) is 0 Å². The highest BCUT2D eigenvalue weighted by Crippen LogP contribution is 2.29. The Morgan fingerprint density at radius 2 is 2.44 bits per heavy atom. The molecular formula is C13H20N2O. The van der Waals surface area contributed by atoms with Crippen molar-refractivity contribution >= 4 is 0 Å². The second kappa shape index (κ2) is 5.30. The molecule has 3 heteroatoms. The number of unbranched alkanes of at least 4 members (excludes halogenated alkanes) is 1. The van der Waals surface area contributed by atoms with E-state index in [2.05, 4.69) is 16.8 Å². The molecule has 0 amide bonds. The molecule has 1 fully saturated rings. The summed E-state index contributed by atoms with van der Waals surface area (Å²) in [5, 5.41) is 0. The number of nitrogens with zero attached hydrogens (tertiary/aromatic N) is 1. The number of H-pyrrole nitrogens is 1. The molecule has 0 aliphatic carbocycles. The molecule has 0 bridgehead atoms. The minimum absolute atomic E-state index is 0.0795. The molecular weight excluding hydrogens is 200 g/mol. The van der Waals surface area contributed by atoms with Gasteiger partial charge in [-0.15, -0.1) is 0 Å². The van der Waals surface area contributed by atoms with Gasteiger partial charge in [-0.3, -0.25) is 9.69 Å². The fourth-order valence-electron chi connectivity index (χ4n) is 2.50. The molecule has 88 valence electrons. The second-order valence-electron chi connectivity index (χ2n) is 4.50. The van der Waals surface area contributed by atoms with Crippen molar-refractivity contribution in [3.8, 4) is 0 Å². The van der Waals surface area contributed by atoms with Crippen LogP contribution in [0.3, 0.4) is 0 Å². The van der Waals surface area contributed by atoms with Crippen molar-refractivity contribution in [1.29, 1.82) is 0 Å². The molecule has 1 aromatic heterocycles. The maximum Gasteiger partial charge on any atom is 0.252 e. The Kier molecular flexibility index (Phi) is 3.78. The highest BCUT2D eigenvalue weighted by Gasteiger charge is 2.26. The van der Waals surface area contributed by atoms with Crippen LogP contribution in [0.5, 0.6) is 0 Å². The molecule has 16 heavy (non-hydrogen) atoms. The van der Waals surface area contributed by atoms with Gasteiger partial charge in [0.1, 0.15) is 0 Å². The van der Waals surface area contributed by atoms with Gasteiger partial charge >= 0.3 is 0 Å². The first-order valence-corrected chi connectivity index (χ1v) is 6.24. The predicted molar refractivity (Wildman–Crippen MR) is 65.5 cm³/mol. The summed E-state index contributed by atoms with van der Waals surface area (Å²) in [7, 11) is 0. The summed E-state index contributed by atoms with van der Waals surface area (Å²) in [5.41, 5.74) is 1.02. The number of pyridine rings is 1. The lowest BCUT2D eigenvalue weighted by atomic mass is 10.1. The van der Waals surface area contributed by atoms with Crippen LogP contribution in [-0.2, 0) is 0 Å². The Morgan fingerprint density at radius 3 is 3.19 bits per heavy atom. The summed E-state index contributed by atoms with van der Waals surface area (Å²) in [6.07, 6.45) is 6.48. The van der Waals surface area contributed by atoms with Gasteiger partial charge in [0.05, 0.1) is 0 Å². The summed E-state index contributed by atoms with van der Waals surface area (Å²) in [5.74, 6) is 0. The number of hydrogen-bond donors (Lipinski definition) is 1. The van der Waals surface area contributed by atoms with Gasteiger partial charge in [-0.05, 0) is 38.4 Å². The van der Waals surface area contributed by atoms with Crippen LogP contribution < -0.4 is 5.56 Å². The maximum absolute atomic E-state index is 11.7. The first-order chi connectivity index (χ1) is 7.83. The topological polar surface area (TPSA) is 36.1 Å². The molecule has 1 aliphatic heterocycles. The zero-order valence-corrected chi connectivity index (χ0v) is 9.91. The minimum atomic E-state index is 0.0795. The van der Waals surface area contributed by atoms with Crippen LogP contribution in [0.1, 0.15) is 44.2 Å². The maximum atomic E-state index is 11.7. The average Bonchev–Trinajstić information content (AvgIpc) is 2.75. The van der Waals surface area contributed by atoms with E-state index in [0.717, 1.165) is 25.1 Å². The molecule has 1 aliphatic rings. The van der Waals surface area contributed by atoms with E-state index < -0.39 is 0 Å². The third kappa shape index (κ3) is 2.35. The molecule has 2 rings (SSSR count). The molecule has 1 saturated heterocycles. The summed E-state index contributed by atoms with van der Waals surface area (Å²) in [4.78, 5) is 17.0. The Hall–Kier alpha value is -1.09. The van der Waals surface area contributed by atoms with Crippen molar-refractivity contribution in [3.05, 3.63) is 34.2 Å². The van der Waals surface area contributed by atoms with E-state index in [1.54, 1.807) is 6.20 Å². The van der Waals surface area contributed by atoms with E-state index >= 15 is 0 Å². The van der Waals surface area contributed by atoms with E-state index in [1.807, 2.05) is 12.1 Å². The quantitative estimate of drug-likeness (QED) is 0.845. The van der Waals surface area contributed by atoms with Crippen LogP contribution in [0.15, 0.2) is 23.1 Å². The van der Waals surface area contributed by atoms with Crippen molar-refractivity contribution in [2.75, 3.05) is 13.1 Å². The van der Waals surface area contributed by atoms with Crippen LogP contribution >= 0.6 is 0 Å². The van der Waals surface area contributed by atoms with E-state index in [0.29, 0.717) is 6.04 Å². The number of nitrogens with one attached hydrogen (secondary N) is 1. The highest BCUT2D eigenvalue weighted by molar-refractivity contribution is 5.15. The summed E-state index contributed by atoms with van der Waals surface area (Å²) >= 11 is 0. The molecule has 2 heterocycles. The van der Waals surface area contributed by atoms with E-state index in [9.17, 15) is 4.79 Å². The zero-order chi connectivity index (χ0) is 11.4. The molecule has 0 spiro atoms. The number of rotatable bonds is 4. The average molecular weight is 220 g/mol. The largest absolute Gasteiger partial charge is 0.329 e. The minimum Gasteiger partial charge on any atom is -0.329 e. The molecule has 0 aromatic carbocycles. The third-order valence-corrected chi connectivity index (χ3v) is 3.37. The molecule has 0 radical (unpaired) electrons. The second-order valence-corrected chi connectivity index (χ2v) is 4.50. The van der Waals surface area contributed by atoms with Gasteiger partial charge in [-0.25, -0.2) is 0 Å². The van der Waals surface area contributed by atoms with Gasteiger partial charge in [-0.2, -0.15) is 0 Å². The number of hydrogen-bond acceptors (Lipinski definition) is 2. The number of likely N-dealkylation sites (tertiary alicyclic amines) is 1. The fourth-order valence-corrected chi connectivity index (χ4v) is 2.50. The van der Waals surface area contributed by atoms with Crippen LogP contribution in [0.2, 0.25) is 0 Å². The van der Waals surface area contributed by atoms with Gasteiger partial charge in [0.2, 0.25) is 0 Å². The zero-order valence-electron chi connectivity index (χ0n) is 9.91. The first-order valence-electron chi connectivity index (χ1n) is 6.24. The Bertz CT molecular complexity index is 386. The molecule has 3 nitrogen and oxygen atoms in total. The molecule has 1 aromatic rings. The molecule has 0 unspecified atom stereocenters. The predicted octanol–water partition coefficient (Wildman–Crippen LogP) is 2.31. The van der Waals surface area contributed by atoms with Crippen molar-refractivity contribution < 1.29 is 0 Å². The lowest BCUT2D eigenvalue weighted by molar-refractivity contribution is 0.252. The van der Waals surface area contributed by atoms with E-state index in [4.69, 9.17) is 0 Å². The standard InChI is InChI=1S/C13H20N2O/c1-2-3-9-15-10-5-7-12(15)11-6-4-8-14-13(11)16/h4,6,8,12H,2-3,5,7,9-10H2,1H3,(H,14,16)/t12-/m0/s1. The number of aromatic amines is 1. The van der Waals surface area contributed by atoms with Gasteiger partial charge in [0, 0.05) is 17.8 Å². The number of aromatic nitrogens is 1.